The summed E-state index contributed by atoms with van der Waals surface area (Å²) in [4.78, 5) is 24.5. The molecule has 0 amide bonds. The van der Waals surface area contributed by atoms with Crippen LogP contribution in [0.4, 0.5) is 11.6 Å². The Labute approximate surface area is 213 Å². The lowest BCUT2D eigenvalue weighted by molar-refractivity contribution is 0.114. The maximum Gasteiger partial charge on any atom is 0.229 e. The van der Waals surface area contributed by atoms with Gasteiger partial charge in [-0.2, -0.15) is 4.98 Å². The molecule has 7 nitrogen and oxygen atoms in total. The van der Waals surface area contributed by atoms with Crippen LogP contribution in [0.15, 0.2) is 59.7 Å². The number of ether oxygens (including phenoxy) is 1. The number of nitrogens with zero attached hydrogens (tertiary/aromatic N) is 4. The highest BCUT2D eigenvalue weighted by molar-refractivity contribution is 6.39. The molecule has 9 heteroatoms. The molecule has 1 aliphatic heterocycles. The van der Waals surface area contributed by atoms with E-state index in [1.165, 1.54) is 6.20 Å². The summed E-state index contributed by atoms with van der Waals surface area (Å²) in [6.07, 6.45) is 5.54. The van der Waals surface area contributed by atoms with Crippen molar-refractivity contribution in [2.75, 3.05) is 25.5 Å². The third-order valence-corrected chi connectivity index (χ3v) is 6.86. The molecular weight excluding hydrogens is 485 g/mol. The van der Waals surface area contributed by atoms with Crippen molar-refractivity contribution in [3.8, 4) is 16.9 Å². The summed E-state index contributed by atoms with van der Waals surface area (Å²) < 4.78 is 7.89. The first-order valence-corrected chi connectivity index (χ1v) is 12.2. The van der Waals surface area contributed by atoms with Crippen molar-refractivity contribution in [2.45, 2.75) is 18.9 Å². The molecule has 0 aliphatic carbocycles. The van der Waals surface area contributed by atoms with Gasteiger partial charge in [-0.1, -0.05) is 29.3 Å². The van der Waals surface area contributed by atoms with Gasteiger partial charge in [0.15, 0.2) is 0 Å². The van der Waals surface area contributed by atoms with Gasteiger partial charge in [-0.25, -0.2) is 4.98 Å². The fourth-order valence-electron chi connectivity index (χ4n) is 4.29. The molecule has 2 aromatic heterocycles. The molecule has 0 unspecified atom stereocenters. The number of pyridine rings is 1. The van der Waals surface area contributed by atoms with Crippen LogP contribution in [0.2, 0.25) is 10.0 Å². The van der Waals surface area contributed by atoms with Gasteiger partial charge in [0, 0.05) is 49.3 Å². The molecule has 0 atom stereocenters. The molecule has 180 valence electrons. The van der Waals surface area contributed by atoms with Crippen molar-refractivity contribution in [3.63, 3.8) is 0 Å². The third-order valence-electron chi connectivity index (χ3n) is 6.23. The van der Waals surface area contributed by atoms with Gasteiger partial charge in [-0.3, -0.25) is 4.79 Å². The summed E-state index contributed by atoms with van der Waals surface area (Å²) in [5, 5.41) is 4.41. The summed E-state index contributed by atoms with van der Waals surface area (Å²) in [7, 11) is 3.96. The second-order valence-electron chi connectivity index (χ2n) is 8.78. The molecule has 0 radical (unpaired) electrons. The largest absolute Gasteiger partial charge is 0.490 e. The molecule has 35 heavy (non-hydrogen) atoms. The van der Waals surface area contributed by atoms with Gasteiger partial charge in [0.2, 0.25) is 11.4 Å². The average molecular weight is 510 g/mol. The van der Waals surface area contributed by atoms with Crippen molar-refractivity contribution >= 4 is 45.9 Å². The van der Waals surface area contributed by atoms with Crippen LogP contribution in [0.5, 0.6) is 5.75 Å². The fourth-order valence-corrected chi connectivity index (χ4v) is 4.90. The van der Waals surface area contributed by atoms with Crippen LogP contribution < -0.4 is 15.5 Å². The highest BCUT2D eigenvalue weighted by Crippen LogP contribution is 2.33. The van der Waals surface area contributed by atoms with Crippen LogP contribution in [0.25, 0.3) is 22.2 Å². The average Bonchev–Trinajstić information content (AvgIpc) is 2.85. The molecule has 1 fully saturated rings. The zero-order valence-electron chi connectivity index (χ0n) is 19.5. The Balaban J connectivity index is 1.37. The monoisotopic (exact) mass is 509 g/mol. The standard InChI is InChI=1S/C26H25Cl2N5O2/c1-32-12-10-18(11-13-32)35-17-8-6-16(7-9-17)30-26-29-14-19-24(34)20(15-33(2)25(19)31-26)23-21(27)4-3-5-22(23)28/h3-9,14-15,18H,10-13H2,1-2H3,(H,29,30,31). The minimum atomic E-state index is -0.227. The van der Waals surface area contributed by atoms with E-state index in [9.17, 15) is 4.79 Å². The number of aryl methyl sites for hydroxylation is 1. The first-order valence-electron chi connectivity index (χ1n) is 11.4. The lowest BCUT2D eigenvalue weighted by Gasteiger charge is -2.29. The Bertz CT molecular complexity index is 1410. The number of piperidine rings is 1. The summed E-state index contributed by atoms with van der Waals surface area (Å²) in [5.41, 5.74) is 2.00. The topological polar surface area (TPSA) is 72.3 Å². The summed E-state index contributed by atoms with van der Waals surface area (Å²) in [5.74, 6) is 1.23. The van der Waals surface area contributed by atoms with Crippen molar-refractivity contribution in [2.24, 2.45) is 7.05 Å². The summed E-state index contributed by atoms with van der Waals surface area (Å²) in [6, 6.07) is 12.9. The maximum absolute atomic E-state index is 13.2. The van der Waals surface area contributed by atoms with Gasteiger partial charge >= 0.3 is 0 Å². The van der Waals surface area contributed by atoms with E-state index in [1.807, 2.05) is 31.3 Å². The van der Waals surface area contributed by atoms with E-state index in [-0.39, 0.29) is 11.5 Å². The maximum atomic E-state index is 13.2. The number of nitrogens with one attached hydrogen (secondary N) is 1. The number of rotatable bonds is 5. The summed E-state index contributed by atoms with van der Waals surface area (Å²) in [6.45, 7) is 2.11. The number of fused-ring (bicyclic) bond motifs is 1. The van der Waals surface area contributed by atoms with E-state index in [0.717, 1.165) is 37.4 Å². The molecule has 0 saturated carbocycles. The predicted molar refractivity (Wildman–Crippen MR) is 141 cm³/mol. The van der Waals surface area contributed by atoms with E-state index in [1.54, 1.807) is 29.0 Å². The smallest absolute Gasteiger partial charge is 0.229 e. The normalized spacial score (nSPS) is 14.9. The lowest BCUT2D eigenvalue weighted by Crippen LogP contribution is -2.35. The highest BCUT2D eigenvalue weighted by atomic mass is 35.5. The molecule has 0 bridgehead atoms. The van der Waals surface area contributed by atoms with Crippen molar-refractivity contribution < 1.29 is 4.74 Å². The quantitative estimate of drug-likeness (QED) is 0.381. The van der Waals surface area contributed by atoms with E-state index >= 15 is 0 Å². The summed E-state index contributed by atoms with van der Waals surface area (Å²) >= 11 is 12.7. The molecule has 1 N–H and O–H groups in total. The first kappa shape index (κ1) is 23.6. The Morgan fingerprint density at radius 1 is 1.03 bits per heavy atom. The van der Waals surface area contributed by atoms with Crippen LogP contribution in [0.1, 0.15) is 12.8 Å². The van der Waals surface area contributed by atoms with E-state index in [0.29, 0.717) is 38.2 Å². The number of hydrogen-bond acceptors (Lipinski definition) is 6. The van der Waals surface area contributed by atoms with Gasteiger partial charge in [-0.05, 0) is 56.3 Å². The van der Waals surface area contributed by atoms with Crippen LogP contribution in [0.3, 0.4) is 0 Å². The number of anilines is 2. The highest BCUT2D eigenvalue weighted by Gasteiger charge is 2.18. The molecule has 2 aromatic carbocycles. The third kappa shape index (κ3) is 4.98. The fraction of sp³-hybridized carbons (Fsp3) is 0.269. The van der Waals surface area contributed by atoms with Crippen molar-refractivity contribution in [1.29, 1.82) is 0 Å². The van der Waals surface area contributed by atoms with Gasteiger partial charge < -0.3 is 19.5 Å². The molecule has 1 saturated heterocycles. The minimum absolute atomic E-state index is 0.227. The Morgan fingerprint density at radius 2 is 1.71 bits per heavy atom. The van der Waals surface area contributed by atoms with Crippen molar-refractivity contribution in [1.82, 2.24) is 19.4 Å². The van der Waals surface area contributed by atoms with Gasteiger partial charge in [0.25, 0.3) is 0 Å². The zero-order chi connectivity index (χ0) is 24.5. The first-order chi connectivity index (χ1) is 16.9. The number of halogens is 2. The predicted octanol–water partition coefficient (Wildman–Crippen LogP) is 5.52. The minimum Gasteiger partial charge on any atom is -0.490 e. The second-order valence-corrected chi connectivity index (χ2v) is 9.59. The Kier molecular flexibility index (Phi) is 6.65. The van der Waals surface area contributed by atoms with Gasteiger partial charge in [-0.15, -0.1) is 0 Å². The lowest BCUT2D eigenvalue weighted by atomic mass is 10.1. The van der Waals surface area contributed by atoms with E-state index < -0.39 is 0 Å². The number of likely N-dealkylation sites (tertiary alicyclic amines) is 1. The van der Waals surface area contributed by atoms with Crippen LogP contribution in [0, 0.1) is 0 Å². The van der Waals surface area contributed by atoms with Gasteiger partial charge in [0.1, 0.15) is 17.5 Å². The zero-order valence-corrected chi connectivity index (χ0v) is 21.0. The molecular formula is C26H25Cl2N5O2. The molecule has 3 heterocycles. The number of aromatic nitrogens is 3. The molecule has 5 rings (SSSR count). The SMILES string of the molecule is CN1CCC(Oc2ccc(Nc3ncc4c(=O)c(-c5c(Cl)cccc5Cl)cn(C)c4n3)cc2)CC1. The van der Waals surface area contributed by atoms with Gasteiger partial charge in [0.05, 0.1) is 15.4 Å². The van der Waals surface area contributed by atoms with Crippen LogP contribution in [-0.2, 0) is 7.05 Å². The van der Waals surface area contributed by atoms with Crippen LogP contribution in [-0.4, -0.2) is 45.7 Å². The molecule has 0 spiro atoms. The van der Waals surface area contributed by atoms with Crippen LogP contribution >= 0.6 is 23.2 Å². The number of hydrogen-bond donors (Lipinski definition) is 1. The molecule has 1 aliphatic rings. The molecule has 4 aromatic rings. The number of benzene rings is 2. The van der Waals surface area contributed by atoms with Crippen molar-refractivity contribution in [3.05, 3.63) is 75.1 Å². The van der Waals surface area contributed by atoms with E-state index in [4.69, 9.17) is 27.9 Å². The van der Waals surface area contributed by atoms with E-state index in [2.05, 4.69) is 27.2 Å². The Morgan fingerprint density at radius 3 is 2.40 bits per heavy atom. The Hall–Kier alpha value is -3.13. The second kappa shape index (κ2) is 9.85.